The molecule has 7 heteroatoms. The van der Waals surface area contributed by atoms with Crippen LogP contribution in [0.5, 0.6) is 5.75 Å². The van der Waals surface area contributed by atoms with Gasteiger partial charge in [-0.3, -0.25) is 4.79 Å². The number of benzene rings is 2. The maximum absolute atomic E-state index is 13.3. The molecule has 0 aromatic heterocycles. The number of fused-ring (bicyclic) bond motifs is 1. The number of alkyl halides is 3. The van der Waals surface area contributed by atoms with E-state index in [0.29, 0.717) is 17.7 Å². The lowest BCUT2D eigenvalue weighted by Crippen LogP contribution is -2.36. The highest BCUT2D eigenvalue weighted by molar-refractivity contribution is 5.77. The molecule has 0 radical (unpaired) electrons. The average molecular weight is 365 g/mol. The van der Waals surface area contributed by atoms with Gasteiger partial charge in [0.2, 0.25) is 5.91 Å². The number of carbonyl (C=O) groups excluding carboxylic acids is 1. The van der Waals surface area contributed by atoms with Crippen molar-refractivity contribution in [3.05, 3.63) is 53.6 Å². The molecule has 1 aliphatic heterocycles. The summed E-state index contributed by atoms with van der Waals surface area (Å²) in [6.07, 6.45) is -4.26. The van der Waals surface area contributed by atoms with E-state index in [1.165, 1.54) is 19.2 Å². The third kappa shape index (κ3) is 3.83. The molecule has 0 unspecified atom stereocenters. The first-order valence-electron chi connectivity index (χ1n) is 8.11. The van der Waals surface area contributed by atoms with E-state index in [1.54, 1.807) is 18.2 Å². The average Bonchev–Trinajstić information content (AvgIpc) is 3.02. The van der Waals surface area contributed by atoms with Gasteiger partial charge in [0.25, 0.3) is 0 Å². The Morgan fingerprint density at radius 3 is 2.65 bits per heavy atom. The van der Waals surface area contributed by atoms with E-state index in [4.69, 9.17) is 9.47 Å². The molecule has 1 aliphatic rings. The molecule has 26 heavy (non-hydrogen) atoms. The SMILES string of the molecule is COCC(=O)NC[C@H]1Cc2cccc(-c3ccccc3C(F)(F)F)c2O1. The summed E-state index contributed by atoms with van der Waals surface area (Å²) in [5, 5.41) is 2.69. The molecule has 4 nitrogen and oxygen atoms in total. The molecule has 0 fully saturated rings. The van der Waals surface area contributed by atoms with E-state index in [9.17, 15) is 18.0 Å². The van der Waals surface area contributed by atoms with Crippen molar-refractivity contribution >= 4 is 5.91 Å². The molecule has 1 N–H and O–H groups in total. The van der Waals surface area contributed by atoms with Gasteiger partial charge in [0.05, 0.1) is 12.1 Å². The third-order valence-electron chi connectivity index (χ3n) is 4.15. The highest BCUT2D eigenvalue weighted by atomic mass is 19.4. The van der Waals surface area contributed by atoms with Crippen molar-refractivity contribution in [3.8, 4) is 16.9 Å². The summed E-state index contributed by atoms with van der Waals surface area (Å²) in [5.41, 5.74) is 0.612. The van der Waals surface area contributed by atoms with E-state index >= 15 is 0 Å². The van der Waals surface area contributed by atoms with Gasteiger partial charge in [-0.15, -0.1) is 0 Å². The Balaban J connectivity index is 1.85. The summed E-state index contributed by atoms with van der Waals surface area (Å²) in [4.78, 5) is 11.5. The quantitative estimate of drug-likeness (QED) is 0.883. The molecule has 1 heterocycles. The van der Waals surface area contributed by atoms with E-state index < -0.39 is 11.7 Å². The molecule has 3 rings (SSSR count). The fourth-order valence-corrected chi connectivity index (χ4v) is 3.04. The van der Waals surface area contributed by atoms with Crippen LogP contribution < -0.4 is 10.1 Å². The molecule has 0 bridgehead atoms. The number of nitrogens with one attached hydrogen (secondary N) is 1. The van der Waals surface area contributed by atoms with E-state index in [0.717, 1.165) is 11.6 Å². The Hall–Kier alpha value is -2.54. The van der Waals surface area contributed by atoms with Gasteiger partial charge < -0.3 is 14.8 Å². The Labute approximate surface area is 148 Å². The minimum atomic E-state index is -4.45. The fourth-order valence-electron chi connectivity index (χ4n) is 3.04. The lowest BCUT2D eigenvalue weighted by atomic mass is 9.96. The number of carbonyl (C=O) groups is 1. The molecular weight excluding hydrogens is 347 g/mol. The molecule has 1 atom stereocenters. The van der Waals surface area contributed by atoms with Crippen LogP contribution in [-0.2, 0) is 22.1 Å². The standard InChI is InChI=1S/C19H18F3NO3/c1-25-11-17(24)23-10-13-9-12-5-4-7-15(18(12)26-13)14-6-2-3-8-16(14)19(20,21)22/h2-8,13H,9-11H2,1H3,(H,23,24)/t13-/m1/s1. The van der Waals surface area contributed by atoms with Crippen molar-refractivity contribution < 1.29 is 27.4 Å². The molecule has 0 saturated carbocycles. The van der Waals surface area contributed by atoms with Gasteiger partial charge in [-0.05, 0) is 17.2 Å². The van der Waals surface area contributed by atoms with Gasteiger partial charge in [0.15, 0.2) is 0 Å². The van der Waals surface area contributed by atoms with Crippen molar-refractivity contribution in [2.75, 3.05) is 20.3 Å². The molecule has 1 amide bonds. The molecule has 0 spiro atoms. The highest BCUT2D eigenvalue weighted by Gasteiger charge is 2.35. The van der Waals surface area contributed by atoms with Gasteiger partial charge in [-0.2, -0.15) is 13.2 Å². The first-order valence-corrected chi connectivity index (χ1v) is 8.11. The number of amides is 1. The molecule has 138 valence electrons. The number of halogens is 3. The summed E-state index contributed by atoms with van der Waals surface area (Å²) < 4.78 is 50.6. The fraction of sp³-hybridized carbons (Fsp3) is 0.316. The summed E-state index contributed by atoms with van der Waals surface area (Å²) in [6, 6.07) is 10.6. The Bertz CT molecular complexity index is 805. The van der Waals surface area contributed by atoms with Gasteiger partial charge in [-0.1, -0.05) is 36.4 Å². The van der Waals surface area contributed by atoms with Gasteiger partial charge in [0, 0.05) is 19.1 Å². The maximum Gasteiger partial charge on any atom is 0.417 e. The topological polar surface area (TPSA) is 47.6 Å². The van der Waals surface area contributed by atoms with Crippen LogP contribution >= 0.6 is 0 Å². The van der Waals surface area contributed by atoms with Crippen LogP contribution in [0.3, 0.4) is 0 Å². The van der Waals surface area contributed by atoms with E-state index in [-0.39, 0.29) is 30.7 Å². The Kier molecular flexibility index (Phi) is 5.18. The zero-order valence-electron chi connectivity index (χ0n) is 14.1. The van der Waals surface area contributed by atoms with Crippen LogP contribution in [0.1, 0.15) is 11.1 Å². The Morgan fingerprint density at radius 2 is 1.92 bits per heavy atom. The maximum atomic E-state index is 13.3. The van der Waals surface area contributed by atoms with Crippen LogP contribution in [0.15, 0.2) is 42.5 Å². The molecule has 2 aromatic rings. The number of hydrogen-bond acceptors (Lipinski definition) is 3. The minimum Gasteiger partial charge on any atom is -0.487 e. The highest BCUT2D eigenvalue weighted by Crippen LogP contribution is 2.43. The summed E-state index contributed by atoms with van der Waals surface area (Å²) in [6.45, 7) is 0.209. The van der Waals surface area contributed by atoms with Crippen molar-refractivity contribution in [2.45, 2.75) is 18.7 Å². The number of hydrogen-bond donors (Lipinski definition) is 1. The second-order valence-corrected chi connectivity index (χ2v) is 6.02. The van der Waals surface area contributed by atoms with Gasteiger partial charge in [-0.25, -0.2) is 0 Å². The normalized spacial score (nSPS) is 16.1. The van der Waals surface area contributed by atoms with Crippen molar-refractivity contribution in [3.63, 3.8) is 0 Å². The van der Waals surface area contributed by atoms with Crippen LogP contribution in [0.2, 0.25) is 0 Å². The van der Waals surface area contributed by atoms with Crippen molar-refractivity contribution in [1.82, 2.24) is 5.32 Å². The lowest BCUT2D eigenvalue weighted by Gasteiger charge is -2.16. The first-order chi connectivity index (χ1) is 12.4. The zero-order chi connectivity index (χ0) is 18.7. The Morgan fingerprint density at radius 1 is 1.19 bits per heavy atom. The number of ether oxygens (including phenoxy) is 2. The lowest BCUT2D eigenvalue weighted by molar-refractivity contribution is -0.137. The summed E-state index contributed by atoms with van der Waals surface area (Å²) >= 11 is 0. The number of para-hydroxylation sites is 1. The predicted molar refractivity (Wildman–Crippen MR) is 89.9 cm³/mol. The third-order valence-corrected chi connectivity index (χ3v) is 4.15. The molecule has 2 aromatic carbocycles. The van der Waals surface area contributed by atoms with Crippen LogP contribution in [0.25, 0.3) is 11.1 Å². The summed E-state index contributed by atoms with van der Waals surface area (Å²) in [7, 11) is 1.42. The van der Waals surface area contributed by atoms with E-state index in [2.05, 4.69) is 5.32 Å². The smallest absolute Gasteiger partial charge is 0.417 e. The second-order valence-electron chi connectivity index (χ2n) is 6.02. The van der Waals surface area contributed by atoms with Crippen LogP contribution in [-0.4, -0.2) is 32.3 Å². The summed E-state index contributed by atoms with van der Waals surface area (Å²) in [5.74, 6) is 0.171. The van der Waals surface area contributed by atoms with Gasteiger partial charge >= 0.3 is 6.18 Å². The van der Waals surface area contributed by atoms with Crippen molar-refractivity contribution in [1.29, 1.82) is 0 Å². The first kappa shape index (κ1) is 18.3. The largest absolute Gasteiger partial charge is 0.487 e. The molecular formula is C19H18F3NO3. The number of rotatable bonds is 5. The van der Waals surface area contributed by atoms with E-state index in [1.807, 2.05) is 6.07 Å². The molecule has 0 saturated heterocycles. The van der Waals surface area contributed by atoms with Crippen LogP contribution in [0, 0.1) is 0 Å². The monoisotopic (exact) mass is 365 g/mol. The van der Waals surface area contributed by atoms with Crippen LogP contribution in [0.4, 0.5) is 13.2 Å². The van der Waals surface area contributed by atoms with Crippen molar-refractivity contribution in [2.24, 2.45) is 0 Å². The zero-order valence-corrected chi connectivity index (χ0v) is 14.1. The number of methoxy groups -OCH3 is 1. The minimum absolute atomic E-state index is 0.0517. The van der Waals surface area contributed by atoms with Gasteiger partial charge in [0.1, 0.15) is 18.5 Å². The second kappa shape index (κ2) is 7.37. The predicted octanol–water partition coefficient (Wildman–Crippen LogP) is 3.44. The molecule has 0 aliphatic carbocycles.